The molecule has 0 aliphatic carbocycles. The van der Waals surface area contributed by atoms with Crippen molar-refractivity contribution < 1.29 is 9.18 Å². The highest BCUT2D eigenvalue weighted by Gasteiger charge is 2.37. The molecule has 3 aliphatic heterocycles. The average Bonchev–Trinajstić information content (AvgIpc) is 3.33. The molecule has 2 aromatic carbocycles. The highest BCUT2D eigenvalue weighted by Crippen LogP contribution is 2.48. The summed E-state index contributed by atoms with van der Waals surface area (Å²) in [7, 11) is 4.13. The lowest BCUT2D eigenvalue weighted by molar-refractivity contribution is -0.128. The van der Waals surface area contributed by atoms with Gasteiger partial charge in [-0.3, -0.25) is 9.89 Å². The number of nitrogens with one attached hydrogen (secondary N) is 2. The third-order valence-corrected chi connectivity index (χ3v) is 8.93. The van der Waals surface area contributed by atoms with E-state index in [9.17, 15) is 4.79 Å². The number of amides is 1. The summed E-state index contributed by atoms with van der Waals surface area (Å²) >= 11 is 0. The SMILES string of the molecule is C=CC(=O)N1C[C@H](C)N(c2nc(N3CC(N(C)C)C3)nc3c(F)c4c(cc23)Nc2n[nH]c3ccc(C)c-4c23)C[C@H]1C. The van der Waals surface area contributed by atoms with Gasteiger partial charge in [0, 0.05) is 60.8 Å². The Morgan fingerprint density at radius 3 is 2.63 bits per heavy atom. The van der Waals surface area contributed by atoms with E-state index in [0.29, 0.717) is 58.9 Å². The zero-order valence-electron chi connectivity index (χ0n) is 24.0. The first-order chi connectivity index (χ1) is 19.7. The van der Waals surface area contributed by atoms with E-state index < -0.39 is 0 Å². The molecule has 4 aromatic rings. The van der Waals surface area contributed by atoms with E-state index in [-0.39, 0.29) is 23.8 Å². The molecule has 2 aromatic heterocycles. The van der Waals surface area contributed by atoms with Gasteiger partial charge in [-0.2, -0.15) is 10.1 Å². The largest absolute Gasteiger partial charge is 0.349 e. The summed E-state index contributed by atoms with van der Waals surface area (Å²) in [5, 5.41) is 12.4. The monoisotopic (exact) mass is 555 g/mol. The molecule has 10 nitrogen and oxygen atoms in total. The van der Waals surface area contributed by atoms with E-state index in [1.165, 1.54) is 6.08 Å². The van der Waals surface area contributed by atoms with Crippen LogP contribution in [-0.4, -0.2) is 94.3 Å². The summed E-state index contributed by atoms with van der Waals surface area (Å²) in [6.07, 6.45) is 1.36. The minimum atomic E-state index is -0.372. The Hall–Kier alpha value is -4.25. The van der Waals surface area contributed by atoms with Crippen molar-refractivity contribution in [2.24, 2.45) is 0 Å². The van der Waals surface area contributed by atoms with Crippen LogP contribution in [0, 0.1) is 12.7 Å². The molecule has 212 valence electrons. The number of aryl methyl sites for hydroxylation is 1. The molecule has 5 heterocycles. The number of hydrogen-bond donors (Lipinski definition) is 2. The molecule has 0 unspecified atom stereocenters. The van der Waals surface area contributed by atoms with Crippen LogP contribution in [0.3, 0.4) is 0 Å². The Morgan fingerprint density at radius 1 is 1.12 bits per heavy atom. The molecule has 2 N–H and O–H groups in total. The van der Waals surface area contributed by atoms with Crippen LogP contribution in [0.15, 0.2) is 30.9 Å². The van der Waals surface area contributed by atoms with Crippen molar-refractivity contribution in [1.29, 1.82) is 0 Å². The predicted octanol–water partition coefficient (Wildman–Crippen LogP) is 4.04. The first-order valence-corrected chi connectivity index (χ1v) is 14.1. The molecule has 0 spiro atoms. The van der Waals surface area contributed by atoms with E-state index in [1.54, 1.807) is 0 Å². The Kier molecular flexibility index (Phi) is 5.73. The zero-order chi connectivity index (χ0) is 28.7. The van der Waals surface area contributed by atoms with Gasteiger partial charge in [-0.05, 0) is 58.6 Å². The molecule has 2 fully saturated rings. The molecule has 3 aliphatic rings. The van der Waals surface area contributed by atoms with Gasteiger partial charge in [0.1, 0.15) is 11.3 Å². The van der Waals surface area contributed by atoms with Crippen LogP contribution in [0.5, 0.6) is 0 Å². The number of benzene rings is 2. The first-order valence-electron chi connectivity index (χ1n) is 14.1. The average molecular weight is 556 g/mol. The predicted molar refractivity (Wildman–Crippen MR) is 160 cm³/mol. The lowest BCUT2D eigenvalue weighted by Gasteiger charge is -2.45. The van der Waals surface area contributed by atoms with Gasteiger partial charge in [-0.1, -0.05) is 12.6 Å². The van der Waals surface area contributed by atoms with E-state index in [1.807, 2.05) is 36.9 Å². The fraction of sp³-hybridized carbons (Fsp3) is 0.400. The summed E-state index contributed by atoms with van der Waals surface area (Å²) in [6.45, 7) is 12.4. The fourth-order valence-electron chi connectivity index (χ4n) is 6.45. The highest BCUT2D eigenvalue weighted by atomic mass is 19.1. The van der Waals surface area contributed by atoms with Gasteiger partial charge < -0.3 is 24.9 Å². The summed E-state index contributed by atoms with van der Waals surface area (Å²) in [5.41, 5.74) is 4.09. The van der Waals surface area contributed by atoms with Gasteiger partial charge in [0.15, 0.2) is 11.6 Å². The van der Waals surface area contributed by atoms with E-state index in [4.69, 9.17) is 9.97 Å². The topological polar surface area (TPSA) is 96.5 Å². The van der Waals surface area contributed by atoms with Gasteiger partial charge in [0.25, 0.3) is 0 Å². The number of rotatable bonds is 4. The summed E-state index contributed by atoms with van der Waals surface area (Å²) in [5.74, 6) is 1.42. The number of aromatic nitrogens is 4. The molecule has 2 saturated heterocycles. The molecule has 7 rings (SSSR count). The molecule has 0 radical (unpaired) electrons. The number of aromatic amines is 1. The van der Waals surface area contributed by atoms with Crippen LogP contribution in [0.4, 0.5) is 27.7 Å². The summed E-state index contributed by atoms with van der Waals surface area (Å²) in [4.78, 5) is 30.8. The van der Waals surface area contributed by atoms with Crippen molar-refractivity contribution in [3.8, 4) is 11.1 Å². The van der Waals surface area contributed by atoms with Crippen LogP contribution in [-0.2, 0) is 4.79 Å². The smallest absolute Gasteiger partial charge is 0.246 e. The fourth-order valence-corrected chi connectivity index (χ4v) is 6.45. The molecular formula is C30H34FN9O. The van der Waals surface area contributed by atoms with Crippen molar-refractivity contribution in [2.45, 2.75) is 38.9 Å². The Morgan fingerprint density at radius 2 is 1.90 bits per heavy atom. The minimum absolute atomic E-state index is 0.0482. The molecule has 11 heteroatoms. The van der Waals surface area contributed by atoms with Gasteiger partial charge >= 0.3 is 0 Å². The van der Waals surface area contributed by atoms with Gasteiger partial charge in [-0.15, -0.1) is 0 Å². The van der Waals surface area contributed by atoms with E-state index >= 15 is 4.39 Å². The minimum Gasteiger partial charge on any atom is -0.349 e. The van der Waals surface area contributed by atoms with Gasteiger partial charge in [0.2, 0.25) is 11.9 Å². The number of nitrogens with zero attached hydrogens (tertiary/aromatic N) is 7. The maximum Gasteiger partial charge on any atom is 0.246 e. The van der Waals surface area contributed by atoms with Crippen LogP contribution in [0.2, 0.25) is 0 Å². The standard InChI is InChI=1S/C30H34FN9O/c1-7-22(41)39-11-17(4)40(12-16(39)3)29-19-10-21-24(23-15(2)8-9-20-25(23)28(32-21)36-35-20)26(31)27(19)33-30(34-29)38-13-18(14-38)37(5)6/h7-10,16-18H,1,11-14H2,2-6H3,(H2,32,35,36)/t16-,17+/m1/s1. The second-order valence-electron chi connectivity index (χ2n) is 11.8. The lowest BCUT2D eigenvalue weighted by Crippen LogP contribution is -2.59. The van der Waals surface area contributed by atoms with Crippen molar-refractivity contribution in [3.05, 3.63) is 42.2 Å². The van der Waals surface area contributed by atoms with Crippen LogP contribution in [0.25, 0.3) is 32.9 Å². The number of likely N-dealkylation sites (N-methyl/N-ethyl adjacent to an activating group) is 1. The second-order valence-corrected chi connectivity index (χ2v) is 11.8. The van der Waals surface area contributed by atoms with E-state index in [0.717, 1.165) is 35.1 Å². The van der Waals surface area contributed by atoms with Gasteiger partial charge in [0.05, 0.1) is 16.6 Å². The molecule has 0 bridgehead atoms. The molecule has 0 saturated carbocycles. The highest BCUT2D eigenvalue weighted by molar-refractivity contribution is 6.13. The Bertz CT molecular complexity index is 1740. The number of anilines is 4. The summed E-state index contributed by atoms with van der Waals surface area (Å²) < 4.78 is 16.9. The van der Waals surface area contributed by atoms with Crippen LogP contribution < -0.4 is 15.1 Å². The Labute approximate surface area is 237 Å². The molecule has 41 heavy (non-hydrogen) atoms. The molecular weight excluding hydrogens is 521 g/mol. The number of carbonyl (C=O) groups excluding carboxylic acids is 1. The third kappa shape index (κ3) is 3.78. The summed E-state index contributed by atoms with van der Waals surface area (Å²) in [6, 6.07) is 6.19. The lowest BCUT2D eigenvalue weighted by atomic mass is 9.91. The second kappa shape index (κ2) is 9.13. The number of H-pyrrole nitrogens is 1. The quantitative estimate of drug-likeness (QED) is 0.321. The number of halogens is 1. The maximum atomic E-state index is 16.9. The maximum absolute atomic E-state index is 16.9. The van der Waals surface area contributed by atoms with Crippen LogP contribution in [0.1, 0.15) is 19.4 Å². The number of fused-ring (bicyclic) bond motifs is 3. The molecule has 1 amide bonds. The normalized spacial score (nSPS) is 20.4. The first kappa shape index (κ1) is 25.7. The van der Waals surface area contributed by atoms with Crippen LogP contribution >= 0.6 is 0 Å². The van der Waals surface area contributed by atoms with Crippen molar-refractivity contribution >= 4 is 51.0 Å². The van der Waals surface area contributed by atoms with Gasteiger partial charge in [-0.25, -0.2) is 9.37 Å². The third-order valence-electron chi connectivity index (χ3n) is 8.93. The zero-order valence-corrected chi connectivity index (χ0v) is 24.0. The van der Waals surface area contributed by atoms with Crippen molar-refractivity contribution in [2.75, 3.05) is 55.4 Å². The molecule has 2 atom stereocenters. The number of hydrogen-bond acceptors (Lipinski definition) is 8. The Balaban J connectivity index is 1.42. The number of piperazine rings is 1. The van der Waals surface area contributed by atoms with Crippen molar-refractivity contribution in [3.63, 3.8) is 0 Å². The number of carbonyl (C=O) groups is 1. The van der Waals surface area contributed by atoms with E-state index in [2.05, 4.69) is 57.8 Å². The van der Waals surface area contributed by atoms with Crippen molar-refractivity contribution in [1.82, 2.24) is 30.0 Å².